The van der Waals surface area contributed by atoms with Crippen molar-refractivity contribution < 1.29 is 19.7 Å². The van der Waals surface area contributed by atoms with Crippen LogP contribution < -0.4 is 15.5 Å². The molecule has 3 aromatic rings. The second kappa shape index (κ2) is 10.3. The molecule has 0 radical (unpaired) electrons. The molecule has 0 atom stereocenters. The van der Waals surface area contributed by atoms with Crippen molar-refractivity contribution in [1.29, 1.82) is 0 Å². The SMILES string of the molecule is COc1ccccc1NC(=O)C(=N\O)/C(=N\Nc1ccccc1)c1ccc([N+](=O)[O-])cc1. The smallest absolute Gasteiger partial charge is 0.280 e. The van der Waals surface area contributed by atoms with Crippen LogP contribution in [-0.4, -0.2) is 34.6 Å². The van der Waals surface area contributed by atoms with E-state index in [-0.39, 0.29) is 11.4 Å². The van der Waals surface area contributed by atoms with Crippen molar-refractivity contribution in [2.24, 2.45) is 10.3 Å². The molecule has 3 aromatic carbocycles. The van der Waals surface area contributed by atoms with Crippen molar-refractivity contribution in [1.82, 2.24) is 0 Å². The van der Waals surface area contributed by atoms with Crippen LogP contribution in [0.5, 0.6) is 5.75 Å². The Balaban J connectivity index is 1.97. The third-order valence-electron chi connectivity index (χ3n) is 4.32. The van der Waals surface area contributed by atoms with E-state index in [1.807, 2.05) is 6.07 Å². The van der Waals surface area contributed by atoms with Crippen LogP contribution >= 0.6 is 0 Å². The molecule has 3 rings (SSSR count). The van der Waals surface area contributed by atoms with Gasteiger partial charge in [0.05, 0.1) is 23.4 Å². The van der Waals surface area contributed by atoms with Gasteiger partial charge in [-0.15, -0.1) is 0 Å². The van der Waals surface area contributed by atoms with Gasteiger partial charge in [-0.2, -0.15) is 5.10 Å². The zero-order valence-electron chi connectivity index (χ0n) is 16.9. The van der Waals surface area contributed by atoms with Crippen molar-refractivity contribution in [3.63, 3.8) is 0 Å². The van der Waals surface area contributed by atoms with Gasteiger partial charge in [0.1, 0.15) is 11.5 Å². The van der Waals surface area contributed by atoms with E-state index in [0.29, 0.717) is 22.7 Å². The molecular formula is C22H19N5O5. The van der Waals surface area contributed by atoms with Gasteiger partial charge < -0.3 is 15.3 Å². The van der Waals surface area contributed by atoms with E-state index in [1.54, 1.807) is 48.5 Å². The predicted molar refractivity (Wildman–Crippen MR) is 121 cm³/mol. The number of hydrogen-bond donors (Lipinski definition) is 3. The number of nitro benzene ring substituents is 1. The fourth-order valence-corrected chi connectivity index (χ4v) is 2.76. The fourth-order valence-electron chi connectivity index (χ4n) is 2.76. The van der Waals surface area contributed by atoms with E-state index < -0.39 is 16.5 Å². The van der Waals surface area contributed by atoms with E-state index in [9.17, 15) is 20.1 Å². The minimum Gasteiger partial charge on any atom is -0.495 e. The first-order chi connectivity index (χ1) is 15.5. The number of benzene rings is 3. The number of anilines is 2. The molecule has 0 fully saturated rings. The summed E-state index contributed by atoms with van der Waals surface area (Å²) in [4.78, 5) is 23.4. The lowest BCUT2D eigenvalue weighted by Gasteiger charge is -2.12. The molecule has 1 amide bonds. The lowest BCUT2D eigenvalue weighted by atomic mass is 10.0. The number of non-ortho nitro benzene ring substituents is 1. The summed E-state index contributed by atoms with van der Waals surface area (Å²) in [5.74, 6) is -0.349. The molecule has 0 aliphatic carbocycles. The lowest BCUT2D eigenvalue weighted by molar-refractivity contribution is -0.384. The maximum atomic E-state index is 12.9. The predicted octanol–water partition coefficient (Wildman–Crippen LogP) is 3.89. The number of carbonyl (C=O) groups excluding carboxylic acids is 1. The Hall–Kier alpha value is -4.73. The van der Waals surface area contributed by atoms with E-state index >= 15 is 0 Å². The lowest BCUT2D eigenvalue weighted by Crippen LogP contribution is -2.31. The standard InChI is InChI=1S/C22H19N5O5/c1-32-19-10-6-5-9-18(19)23-22(28)21(26-29)20(25-24-16-7-3-2-4-8-16)15-11-13-17(14-12-15)27(30)31/h2-14,24,29H,1H3,(H,23,28)/b25-20-,26-21-. The first-order valence-corrected chi connectivity index (χ1v) is 9.34. The van der Waals surface area contributed by atoms with Crippen molar-refractivity contribution in [3.8, 4) is 5.75 Å². The summed E-state index contributed by atoms with van der Waals surface area (Å²) in [7, 11) is 1.46. The summed E-state index contributed by atoms with van der Waals surface area (Å²) in [6, 6.07) is 21.0. The highest BCUT2D eigenvalue weighted by atomic mass is 16.6. The second-order valence-corrected chi connectivity index (χ2v) is 6.35. The Kier molecular flexibility index (Phi) is 7.10. The van der Waals surface area contributed by atoms with Gasteiger partial charge in [-0.3, -0.25) is 20.3 Å². The quantitative estimate of drug-likeness (QED) is 0.213. The van der Waals surface area contributed by atoms with Crippen LogP contribution in [0.4, 0.5) is 17.1 Å². The van der Waals surface area contributed by atoms with Crippen LogP contribution in [0.3, 0.4) is 0 Å². The summed E-state index contributed by atoms with van der Waals surface area (Å²) in [6.45, 7) is 0. The van der Waals surface area contributed by atoms with Gasteiger partial charge in [-0.25, -0.2) is 0 Å². The Morgan fingerprint density at radius 1 is 1.00 bits per heavy atom. The molecule has 3 N–H and O–H groups in total. The summed E-state index contributed by atoms with van der Waals surface area (Å²) in [5.41, 5.74) is 3.52. The third-order valence-corrected chi connectivity index (χ3v) is 4.32. The average Bonchev–Trinajstić information content (AvgIpc) is 2.82. The first kappa shape index (κ1) is 22.0. The molecule has 0 aliphatic heterocycles. The second-order valence-electron chi connectivity index (χ2n) is 6.35. The molecular weight excluding hydrogens is 414 g/mol. The van der Waals surface area contributed by atoms with Gasteiger partial charge in [0, 0.05) is 17.7 Å². The number of para-hydroxylation sites is 3. The van der Waals surface area contributed by atoms with Crippen molar-refractivity contribution in [2.75, 3.05) is 17.9 Å². The van der Waals surface area contributed by atoms with Gasteiger partial charge in [-0.1, -0.05) is 35.5 Å². The van der Waals surface area contributed by atoms with Gasteiger partial charge in [0.15, 0.2) is 5.71 Å². The average molecular weight is 433 g/mol. The summed E-state index contributed by atoms with van der Waals surface area (Å²) in [5, 5.41) is 30.6. The summed E-state index contributed by atoms with van der Waals surface area (Å²) >= 11 is 0. The van der Waals surface area contributed by atoms with Crippen LogP contribution in [0.15, 0.2) is 89.1 Å². The largest absolute Gasteiger partial charge is 0.495 e. The van der Waals surface area contributed by atoms with Gasteiger partial charge in [0.2, 0.25) is 0 Å². The number of hydrazone groups is 1. The van der Waals surface area contributed by atoms with Gasteiger partial charge in [-0.05, 0) is 36.4 Å². The molecule has 0 aromatic heterocycles. The Morgan fingerprint density at radius 3 is 2.28 bits per heavy atom. The van der Waals surface area contributed by atoms with Gasteiger partial charge in [0.25, 0.3) is 11.6 Å². The number of methoxy groups -OCH3 is 1. The number of oxime groups is 1. The number of hydrogen-bond acceptors (Lipinski definition) is 8. The minimum absolute atomic E-state index is 0.0290. The van der Waals surface area contributed by atoms with Gasteiger partial charge >= 0.3 is 0 Å². The number of nitro groups is 1. The van der Waals surface area contributed by atoms with Crippen molar-refractivity contribution in [3.05, 3.63) is 94.5 Å². The Bertz CT molecular complexity index is 1160. The molecule has 0 bridgehead atoms. The highest BCUT2D eigenvalue weighted by Gasteiger charge is 2.23. The van der Waals surface area contributed by atoms with E-state index in [2.05, 4.69) is 21.0 Å². The zero-order chi connectivity index (χ0) is 22.9. The van der Waals surface area contributed by atoms with Crippen LogP contribution in [0.25, 0.3) is 0 Å². The molecule has 32 heavy (non-hydrogen) atoms. The Labute approximate surface area is 183 Å². The zero-order valence-corrected chi connectivity index (χ0v) is 16.9. The van der Waals surface area contributed by atoms with Crippen LogP contribution in [0, 0.1) is 10.1 Å². The van der Waals surface area contributed by atoms with E-state index in [4.69, 9.17) is 4.74 Å². The molecule has 162 valence electrons. The molecule has 0 aliphatic rings. The Morgan fingerprint density at radius 2 is 1.66 bits per heavy atom. The monoisotopic (exact) mass is 433 g/mol. The number of nitrogens with zero attached hydrogens (tertiary/aromatic N) is 3. The highest BCUT2D eigenvalue weighted by Crippen LogP contribution is 2.23. The maximum absolute atomic E-state index is 12.9. The van der Waals surface area contributed by atoms with Crippen LogP contribution in [0.2, 0.25) is 0 Å². The fraction of sp³-hybridized carbons (Fsp3) is 0.0455. The van der Waals surface area contributed by atoms with Crippen molar-refractivity contribution >= 4 is 34.4 Å². The molecule has 0 saturated heterocycles. The van der Waals surface area contributed by atoms with Crippen molar-refractivity contribution in [2.45, 2.75) is 0 Å². The summed E-state index contributed by atoms with van der Waals surface area (Å²) in [6.07, 6.45) is 0. The molecule has 10 nitrogen and oxygen atoms in total. The number of amides is 1. The molecule has 0 heterocycles. The van der Waals surface area contributed by atoms with E-state index in [0.717, 1.165) is 0 Å². The van der Waals surface area contributed by atoms with Crippen LogP contribution in [-0.2, 0) is 4.79 Å². The number of ether oxygens (including phenoxy) is 1. The molecule has 0 saturated carbocycles. The highest BCUT2D eigenvalue weighted by molar-refractivity contribution is 6.71. The molecule has 0 spiro atoms. The molecule has 0 unspecified atom stereocenters. The maximum Gasteiger partial charge on any atom is 0.280 e. The normalized spacial score (nSPS) is 11.5. The minimum atomic E-state index is -0.760. The van der Waals surface area contributed by atoms with E-state index in [1.165, 1.54) is 31.4 Å². The number of nitrogens with one attached hydrogen (secondary N) is 2. The topological polar surface area (TPSA) is 138 Å². The first-order valence-electron chi connectivity index (χ1n) is 9.34. The van der Waals surface area contributed by atoms with Crippen LogP contribution in [0.1, 0.15) is 5.56 Å². The third kappa shape index (κ3) is 5.25. The molecule has 10 heteroatoms. The summed E-state index contributed by atoms with van der Waals surface area (Å²) < 4.78 is 5.22. The number of rotatable bonds is 8. The number of carbonyl (C=O) groups is 1.